The van der Waals surface area contributed by atoms with Crippen LogP contribution in [0.25, 0.3) is 0 Å². The highest BCUT2D eigenvalue weighted by atomic mass is 35.5. The Hall–Kier alpha value is -1.81. The standard InChI is InChI=1S/C16H18ClN3O/c1-19-14-11-20(10-9-13(14)18-16(19)17)15(21)8-7-12-5-3-2-4-6-12/h2-6H,7-11H2,1H3. The van der Waals surface area contributed by atoms with E-state index in [4.69, 9.17) is 11.6 Å². The maximum Gasteiger partial charge on any atom is 0.223 e. The summed E-state index contributed by atoms with van der Waals surface area (Å²) in [5.41, 5.74) is 3.28. The minimum atomic E-state index is 0.196. The number of rotatable bonds is 3. The molecule has 1 amide bonds. The highest BCUT2D eigenvalue weighted by Gasteiger charge is 2.24. The van der Waals surface area contributed by atoms with Crippen molar-refractivity contribution in [2.24, 2.45) is 7.05 Å². The second-order valence-corrected chi connectivity index (χ2v) is 5.72. The average Bonchev–Trinajstić information content (AvgIpc) is 2.80. The number of imidazole rings is 1. The Bertz CT molecular complexity index is 651. The van der Waals surface area contributed by atoms with Crippen molar-refractivity contribution in [2.75, 3.05) is 6.54 Å². The van der Waals surface area contributed by atoms with E-state index in [1.165, 1.54) is 5.56 Å². The van der Waals surface area contributed by atoms with E-state index in [0.717, 1.165) is 30.8 Å². The first-order valence-electron chi connectivity index (χ1n) is 7.17. The van der Waals surface area contributed by atoms with Crippen molar-refractivity contribution in [2.45, 2.75) is 25.8 Å². The van der Waals surface area contributed by atoms with Gasteiger partial charge < -0.3 is 9.47 Å². The zero-order chi connectivity index (χ0) is 14.8. The Morgan fingerprint density at radius 3 is 2.86 bits per heavy atom. The number of carbonyl (C=O) groups is 1. The van der Waals surface area contributed by atoms with Crippen molar-refractivity contribution < 1.29 is 4.79 Å². The van der Waals surface area contributed by atoms with Crippen molar-refractivity contribution in [3.05, 3.63) is 52.6 Å². The molecule has 1 aromatic carbocycles. The molecule has 4 nitrogen and oxygen atoms in total. The molecular formula is C16H18ClN3O. The number of carbonyl (C=O) groups excluding carboxylic acids is 1. The molecule has 21 heavy (non-hydrogen) atoms. The van der Waals surface area contributed by atoms with Crippen LogP contribution in [0.5, 0.6) is 0 Å². The molecule has 2 heterocycles. The first-order valence-corrected chi connectivity index (χ1v) is 7.54. The highest BCUT2D eigenvalue weighted by molar-refractivity contribution is 6.28. The van der Waals surface area contributed by atoms with Crippen molar-refractivity contribution in [1.29, 1.82) is 0 Å². The molecule has 1 aliphatic rings. The molecule has 0 radical (unpaired) electrons. The molecule has 0 unspecified atom stereocenters. The van der Waals surface area contributed by atoms with Crippen molar-refractivity contribution in [3.8, 4) is 0 Å². The fourth-order valence-corrected chi connectivity index (χ4v) is 2.93. The Labute approximate surface area is 129 Å². The summed E-state index contributed by atoms with van der Waals surface area (Å²) in [6.07, 6.45) is 2.12. The number of aromatic nitrogens is 2. The summed E-state index contributed by atoms with van der Waals surface area (Å²) in [4.78, 5) is 18.6. The van der Waals surface area contributed by atoms with Crippen LogP contribution in [0.3, 0.4) is 0 Å². The lowest BCUT2D eigenvalue weighted by Crippen LogP contribution is -2.36. The molecule has 1 aromatic heterocycles. The summed E-state index contributed by atoms with van der Waals surface area (Å²) in [6, 6.07) is 10.1. The van der Waals surface area contributed by atoms with Gasteiger partial charge in [-0.3, -0.25) is 4.79 Å². The molecule has 0 bridgehead atoms. The number of hydrogen-bond acceptors (Lipinski definition) is 2. The number of aryl methyl sites for hydroxylation is 1. The van der Waals surface area contributed by atoms with E-state index in [0.29, 0.717) is 18.2 Å². The second kappa shape index (κ2) is 5.90. The van der Waals surface area contributed by atoms with E-state index in [1.54, 1.807) is 0 Å². The molecule has 0 aliphatic carbocycles. The number of halogens is 1. The first kappa shape index (κ1) is 14.1. The van der Waals surface area contributed by atoms with Gasteiger partial charge in [-0.2, -0.15) is 0 Å². The quantitative estimate of drug-likeness (QED) is 0.874. The predicted octanol–water partition coefficient (Wildman–Crippen LogP) is 2.59. The highest BCUT2D eigenvalue weighted by Crippen LogP contribution is 2.22. The molecule has 0 fully saturated rings. The minimum absolute atomic E-state index is 0.196. The number of hydrogen-bond donors (Lipinski definition) is 0. The van der Waals surface area contributed by atoms with E-state index in [-0.39, 0.29) is 5.91 Å². The van der Waals surface area contributed by atoms with Crippen LogP contribution < -0.4 is 0 Å². The van der Waals surface area contributed by atoms with Gasteiger partial charge in [0.1, 0.15) is 0 Å². The molecule has 0 saturated carbocycles. The van der Waals surface area contributed by atoms with Crippen LogP contribution in [-0.2, 0) is 31.2 Å². The number of nitrogens with zero attached hydrogens (tertiary/aromatic N) is 3. The normalized spacial score (nSPS) is 14.1. The third-order valence-electron chi connectivity index (χ3n) is 4.02. The van der Waals surface area contributed by atoms with Gasteiger partial charge in [0, 0.05) is 26.4 Å². The van der Waals surface area contributed by atoms with Gasteiger partial charge in [0.2, 0.25) is 11.2 Å². The number of amides is 1. The molecule has 0 N–H and O–H groups in total. The van der Waals surface area contributed by atoms with Gasteiger partial charge >= 0.3 is 0 Å². The molecular weight excluding hydrogens is 286 g/mol. The van der Waals surface area contributed by atoms with Crippen LogP contribution in [0.15, 0.2) is 30.3 Å². The van der Waals surface area contributed by atoms with E-state index in [2.05, 4.69) is 17.1 Å². The van der Waals surface area contributed by atoms with Crippen LogP contribution in [0.1, 0.15) is 23.4 Å². The zero-order valence-corrected chi connectivity index (χ0v) is 12.8. The van der Waals surface area contributed by atoms with Gasteiger partial charge in [-0.15, -0.1) is 0 Å². The van der Waals surface area contributed by atoms with E-state index in [9.17, 15) is 4.79 Å². The molecule has 3 rings (SSSR count). The molecule has 2 aromatic rings. The van der Waals surface area contributed by atoms with Gasteiger partial charge in [-0.05, 0) is 23.6 Å². The maximum absolute atomic E-state index is 12.4. The zero-order valence-electron chi connectivity index (χ0n) is 12.1. The first-order chi connectivity index (χ1) is 10.1. The summed E-state index contributed by atoms with van der Waals surface area (Å²) in [7, 11) is 1.89. The Morgan fingerprint density at radius 2 is 2.10 bits per heavy atom. The van der Waals surface area contributed by atoms with Crippen LogP contribution in [0, 0.1) is 0 Å². The van der Waals surface area contributed by atoms with Crippen LogP contribution in [-0.4, -0.2) is 26.9 Å². The van der Waals surface area contributed by atoms with Gasteiger partial charge in [0.15, 0.2) is 0 Å². The van der Waals surface area contributed by atoms with Crippen molar-refractivity contribution in [3.63, 3.8) is 0 Å². The van der Waals surface area contributed by atoms with Gasteiger partial charge in [0.25, 0.3) is 0 Å². The third-order valence-corrected chi connectivity index (χ3v) is 4.36. The largest absolute Gasteiger partial charge is 0.336 e. The maximum atomic E-state index is 12.4. The Balaban J connectivity index is 1.63. The van der Waals surface area contributed by atoms with Crippen LogP contribution in [0.2, 0.25) is 5.28 Å². The molecule has 1 aliphatic heterocycles. The fourth-order valence-electron chi connectivity index (χ4n) is 2.72. The Morgan fingerprint density at radius 1 is 1.33 bits per heavy atom. The Kier molecular flexibility index (Phi) is 3.97. The lowest BCUT2D eigenvalue weighted by Gasteiger charge is -2.27. The van der Waals surface area contributed by atoms with E-state index in [1.807, 2.05) is 34.7 Å². The lowest BCUT2D eigenvalue weighted by atomic mass is 10.1. The van der Waals surface area contributed by atoms with E-state index >= 15 is 0 Å². The van der Waals surface area contributed by atoms with Gasteiger partial charge in [-0.25, -0.2) is 4.98 Å². The van der Waals surface area contributed by atoms with Crippen molar-refractivity contribution in [1.82, 2.24) is 14.5 Å². The summed E-state index contributed by atoms with van der Waals surface area (Å²) in [6.45, 7) is 1.34. The fraction of sp³-hybridized carbons (Fsp3) is 0.375. The SMILES string of the molecule is Cn1c(Cl)nc2c1CN(C(=O)CCc1ccccc1)CC2. The van der Waals surface area contributed by atoms with Gasteiger partial charge in [0.05, 0.1) is 17.9 Å². The summed E-state index contributed by atoms with van der Waals surface area (Å²) in [5, 5.41) is 0.499. The molecule has 0 atom stereocenters. The number of benzene rings is 1. The van der Waals surface area contributed by atoms with E-state index < -0.39 is 0 Å². The minimum Gasteiger partial charge on any atom is -0.336 e. The average molecular weight is 304 g/mol. The number of fused-ring (bicyclic) bond motifs is 1. The second-order valence-electron chi connectivity index (χ2n) is 5.38. The summed E-state index contributed by atoms with van der Waals surface area (Å²) >= 11 is 6.04. The smallest absolute Gasteiger partial charge is 0.223 e. The molecule has 0 spiro atoms. The molecule has 0 saturated heterocycles. The topological polar surface area (TPSA) is 38.1 Å². The molecule has 5 heteroatoms. The lowest BCUT2D eigenvalue weighted by molar-refractivity contribution is -0.132. The molecule has 110 valence electrons. The monoisotopic (exact) mass is 303 g/mol. The third kappa shape index (κ3) is 2.95. The van der Waals surface area contributed by atoms with Gasteiger partial charge in [-0.1, -0.05) is 30.3 Å². The predicted molar refractivity (Wildman–Crippen MR) is 82.1 cm³/mol. The summed E-state index contributed by atoms with van der Waals surface area (Å²) in [5.74, 6) is 0.196. The van der Waals surface area contributed by atoms with Crippen molar-refractivity contribution >= 4 is 17.5 Å². The van der Waals surface area contributed by atoms with Crippen LogP contribution >= 0.6 is 11.6 Å². The summed E-state index contributed by atoms with van der Waals surface area (Å²) < 4.78 is 1.87. The van der Waals surface area contributed by atoms with Crippen LogP contribution in [0.4, 0.5) is 0 Å².